The molecule has 2 aromatic carbocycles. The highest BCUT2D eigenvalue weighted by atomic mass is 16.5. The second kappa shape index (κ2) is 8.14. The van der Waals surface area contributed by atoms with Crippen molar-refractivity contribution in [3.8, 4) is 0 Å². The van der Waals surface area contributed by atoms with E-state index in [2.05, 4.69) is 20.4 Å². The summed E-state index contributed by atoms with van der Waals surface area (Å²) in [6, 6.07) is 17.9. The van der Waals surface area contributed by atoms with E-state index in [4.69, 9.17) is 0 Å². The number of benzene rings is 2. The molecule has 136 valence electrons. The van der Waals surface area contributed by atoms with E-state index in [1.807, 2.05) is 31.2 Å². The van der Waals surface area contributed by atoms with Gasteiger partial charge in [-0.2, -0.15) is 0 Å². The number of carbonyl (C=O) groups is 2. The van der Waals surface area contributed by atoms with Gasteiger partial charge >= 0.3 is 5.97 Å². The molecular weight excluding hydrogens is 342 g/mol. The Balaban J connectivity index is 1.65. The summed E-state index contributed by atoms with van der Waals surface area (Å²) in [5.74, 6) is -0.0114. The van der Waals surface area contributed by atoms with E-state index in [1.165, 1.54) is 13.3 Å². The molecule has 0 unspecified atom stereocenters. The Labute approximate surface area is 157 Å². The molecule has 0 radical (unpaired) electrons. The van der Waals surface area contributed by atoms with Crippen molar-refractivity contribution in [3.05, 3.63) is 83.6 Å². The number of methoxy groups -OCH3 is 1. The van der Waals surface area contributed by atoms with Crippen LogP contribution in [0.15, 0.2) is 66.9 Å². The lowest BCUT2D eigenvalue weighted by atomic mass is 10.2. The minimum atomic E-state index is -0.385. The number of anilines is 3. The van der Waals surface area contributed by atoms with Crippen molar-refractivity contribution in [1.29, 1.82) is 0 Å². The number of rotatable bonds is 5. The van der Waals surface area contributed by atoms with Crippen molar-refractivity contribution in [2.24, 2.45) is 0 Å². The van der Waals surface area contributed by atoms with Crippen LogP contribution in [0.4, 0.5) is 17.2 Å². The fraction of sp³-hybridized carbons (Fsp3) is 0.0952. The third kappa shape index (κ3) is 4.49. The van der Waals surface area contributed by atoms with Gasteiger partial charge in [0.15, 0.2) is 0 Å². The van der Waals surface area contributed by atoms with Crippen molar-refractivity contribution in [1.82, 2.24) is 4.98 Å². The van der Waals surface area contributed by atoms with Crippen LogP contribution < -0.4 is 10.6 Å². The molecule has 6 nitrogen and oxygen atoms in total. The van der Waals surface area contributed by atoms with Crippen molar-refractivity contribution < 1.29 is 14.3 Å². The zero-order valence-electron chi connectivity index (χ0n) is 15.0. The molecule has 0 saturated heterocycles. The Morgan fingerprint density at radius 2 is 1.63 bits per heavy atom. The fourth-order valence-corrected chi connectivity index (χ4v) is 2.47. The first-order chi connectivity index (χ1) is 13.1. The van der Waals surface area contributed by atoms with Crippen LogP contribution in [0, 0.1) is 6.92 Å². The molecule has 0 bridgehead atoms. The maximum Gasteiger partial charge on any atom is 0.337 e. The molecule has 3 aromatic rings. The van der Waals surface area contributed by atoms with Crippen LogP contribution in [-0.4, -0.2) is 24.0 Å². The summed E-state index contributed by atoms with van der Waals surface area (Å²) >= 11 is 0. The molecule has 3 rings (SSSR count). The third-order valence-corrected chi connectivity index (χ3v) is 4.00. The monoisotopic (exact) mass is 361 g/mol. The van der Waals surface area contributed by atoms with E-state index in [-0.39, 0.29) is 11.9 Å². The van der Waals surface area contributed by atoms with Gasteiger partial charge in [0.05, 0.1) is 18.2 Å². The molecule has 2 N–H and O–H groups in total. The lowest BCUT2D eigenvalue weighted by molar-refractivity contribution is 0.0600. The van der Waals surface area contributed by atoms with Gasteiger partial charge in [-0.1, -0.05) is 18.2 Å². The average molecular weight is 361 g/mol. The Bertz CT molecular complexity index is 951. The zero-order valence-corrected chi connectivity index (χ0v) is 15.0. The van der Waals surface area contributed by atoms with E-state index in [1.54, 1.807) is 36.4 Å². The summed E-state index contributed by atoms with van der Waals surface area (Å²) in [6.07, 6.45) is 1.51. The van der Waals surface area contributed by atoms with Crippen LogP contribution in [0.3, 0.4) is 0 Å². The Kier molecular flexibility index (Phi) is 5.47. The molecule has 6 heteroatoms. The molecule has 27 heavy (non-hydrogen) atoms. The standard InChI is InChI=1S/C21H19N3O3/c1-14-5-3-4-6-18(14)24-20(25)16-9-12-19(22-13-16)23-17-10-7-15(8-11-17)21(26)27-2/h3-13H,1-2H3,(H,22,23)(H,24,25). The topological polar surface area (TPSA) is 80.3 Å². The quantitative estimate of drug-likeness (QED) is 0.667. The lowest BCUT2D eigenvalue weighted by Gasteiger charge is -2.09. The van der Waals surface area contributed by atoms with Gasteiger partial charge in [-0.3, -0.25) is 4.79 Å². The molecule has 1 aromatic heterocycles. The summed E-state index contributed by atoms with van der Waals surface area (Å²) in [7, 11) is 1.34. The minimum absolute atomic E-state index is 0.217. The van der Waals surface area contributed by atoms with Gasteiger partial charge in [-0.05, 0) is 55.0 Å². The predicted octanol–water partition coefficient (Wildman–Crippen LogP) is 4.17. The Morgan fingerprint density at radius 3 is 2.26 bits per heavy atom. The summed E-state index contributed by atoms with van der Waals surface area (Å²) in [4.78, 5) is 28.1. The highest BCUT2D eigenvalue weighted by Crippen LogP contribution is 2.18. The smallest absolute Gasteiger partial charge is 0.337 e. The van der Waals surface area contributed by atoms with Crippen molar-refractivity contribution >= 4 is 29.1 Å². The largest absolute Gasteiger partial charge is 0.465 e. The summed E-state index contributed by atoms with van der Waals surface area (Å²) in [5, 5.41) is 5.99. The van der Waals surface area contributed by atoms with Crippen LogP contribution in [0.1, 0.15) is 26.3 Å². The van der Waals surface area contributed by atoms with Gasteiger partial charge in [0.2, 0.25) is 0 Å². The molecule has 1 amide bonds. The van der Waals surface area contributed by atoms with E-state index in [0.29, 0.717) is 16.9 Å². The maximum atomic E-state index is 12.4. The molecule has 0 atom stereocenters. The zero-order chi connectivity index (χ0) is 19.2. The number of nitrogens with zero attached hydrogens (tertiary/aromatic N) is 1. The minimum Gasteiger partial charge on any atom is -0.465 e. The normalized spacial score (nSPS) is 10.1. The van der Waals surface area contributed by atoms with Crippen LogP contribution in [-0.2, 0) is 4.74 Å². The van der Waals surface area contributed by atoms with Gasteiger partial charge in [-0.15, -0.1) is 0 Å². The molecule has 0 aliphatic heterocycles. The first-order valence-electron chi connectivity index (χ1n) is 8.35. The van der Waals surface area contributed by atoms with E-state index >= 15 is 0 Å². The van der Waals surface area contributed by atoms with Crippen LogP contribution in [0.25, 0.3) is 0 Å². The first-order valence-corrected chi connectivity index (χ1v) is 8.35. The van der Waals surface area contributed by atoms with Crippen molar-refractivity contribution in [2.45, 2.75) is 6.92 Å². The fourth-order valence-electron chi connectivity index (χ4n) is 2.47. The molecule has 0 spiro atoms. The summed E-state index contributed by atoms with van der Waals surface area (Å²) < 4.78 is 4.67. The third-order valence-electron chi connectivity index (χ3n) is 4.00. The number of nitrogens with one attached hydrogen (secondary N) is 2. The highest BCUT2D eigenvalue weighted by molar-refractivity contribution is 6.04. The SMILES string of the molecule is COC(=O)c1ccc(Nc2ccc(C(=O)Nc3ccccc3C)cn2)cc1. The van der Waals surface area contributed by atoms with Crippen LogP contribution >= 0.6 is 0 Å². The van der Waals surface area contributed by atoms with Crippen molar-refractivity contribution in [3.63, 3.8) is 0 Å². The van der Waals surface area contributed by atoms with Crippen LogP contribution in [0.5, 0.6) is 0 Å². The number of aryl methyl sites for hydroxylation is 1. The second-order valence-electron chi connectivity index (χ2n) is 5.90. The average Bonchev–Trinajstić information content (AvgIpc) is 2.70. The Hall–Kier alpha value is -3.67. The molecule has 0 aliphatic carbocycles. The lowest BCUT2D eigenvalue weighted by Crippen LogP contribution is -2.13. The van der Waals surface area contributed by atoms with Gasteiger partial charge in [0, 0.05) is 17.6 Å². The summed E-state index contributed by atoms with van der Waals surface area (Å²) in [6.45, 7) is 1.94. The molecule has 0 aliphatic rings. The molecular formula is C21H19N3O3. The number of para-hydroxylation sites is 1. The molecule has 0 fully saturated rings. The summed E-state index contributed by atoms with van der Waals surface area (Å²) in [5.41, 5.74) is 3.47. The van der Waals surface area contributed by atoms with Crippen molar-refractivity contribution in [2.75, 3.05) is 17.7 Å². The molecule has 1 heterocycles. The van der Waals surface area contributed by atoms with Crippen LogP contribution in [0.2, 0.25) is 0 Å². The predicted molar refractivity (Wildman–Crippen MR) is 104 cm³/mol. The highest BCUT2D eigenvalue weighted by Gasteiger charge is 2.09. The maximum absolute atomic E-state index is 12.4. The number of carbonyl (C=O) groups excluding carboxylic acids is 2. The first kappa shape index (κ1) is 18.1. The number of amides is 1. The van der Waals surface area contributed by atoms with Gasteiger partial charge < -0.3 is 15.4 Å². The number of hydrogen-bond acceptors (Lipinski definition) is 5. The van der Waals surface area contributed by atoms with Gasteiger partial charge in [0.25, 0.3) is 5.91 Å². The number of hydrogen-bond donors (Lipinski definition) is 2. The number of pyridine rings is 1. The number of aromatic nitrogens is 1. The molecule has 0 saturated carbocycles. The second-order valence-corrected chi connectivity index (χ2v) is 5.90. The Morgan fingerprint density at radius 1 is 0.926 bits per heavy atom. The number of ether oxygens (including phenoxy) is 1. The number of esters is 1. The van der Waals surface area contributed by atoms with Gasteiger partial charge in [-0.25, -0.2) is 9.78 Å². The van der Waals surface area contributed by atoms with Gasteiger partial charge in [0.1, 0.15) is 5.82 Å². The van der Waals surface area contributed by atoms with E-state index in [0.717, 1.165) is 16.9 Å². The van der Waals surface area contributed by atoms with E-state index < -0.39 is 0 Å². The van der Waals surface area contributed by atoms with E-state index in [9.17, 15) is 9.59 Å².